The zero-order valence-corrected chi connectivity index (χ0v) is 7.44. The van der Waals surface area contributed by atoms with Crippen LogP contribution in [0.1, 0.15) is 21.7 Å². The molecule has 0 bridgehead atoms. The maximum Gasteiger partial charge on any atom is 0.235 e. The maximum absolute atomic E-state index is 11.3. The zero-order valence-electron chi connectivity index (χ0n) is 7.44. The number of hydrogen-bond donors (Lipinski definition) is 1. The summed E-state index contributed by atoms with van der Waals surface area (Å²) in [6.45, 7) is 1.74. The average molecular weight is 189 g/mol. The molecule has 1 heterocycles. The molecule has 0 aliphatic heterocycles. The van der Waals surface area contributed by atoms with Gasteiger partial charge in [0.1, 0.15) is 11.5 Å². The Hall–Kier alpha value is -1.97. The van der Waals surface area contributed by atoms with Crippen molar-refractivity contribution in [3.8, 4) is 0 Å². The van der Waals surface area contributed by atoms with Crippen LogP contribution in [0.4, 0.5) is 0 Å². The van der Waals surface area contributed by atoms with Gasteiger partial charge >= 0.3 is 0 Å². The standard InChI is InChI=1S/C10H7NO3/c1-5-2-3-6-9(11-5)7(12)4-8(13)10(6)14/h2-4,12H,1H3. The second-order valence-electron chi connectivity index (χ2n) is 3.07. The molecule has 0 saturated carbocycles. The molecule has 0 amide bonds. The SMILES string of the molecule is Cc1ccc2c(n1)C(O)=CC(=O)C2=O. The number of ketones is 2. The van der Waals surface area contributed by atoms with Gasteiger partial charge in [0.05, 0.1) is 5.56 Å². The van der Waals surface area contributed by atoms with Crippen molar-refractivity contribution in [3.05, 3.63) is 35.2 Å². The maximum atomic E-state index is 11.3. The number of aliphatic hydroxyl groups is 1. The Morgan fingerprint density at radius 2 is 2.00 bits per heavy atom. The topological polar surface area (TPSA) is 67.3 Å². The van der Waals surface area contributed by atoms with Crippen LogP contribution in [0.3, 0.4) is 0 Å². The van der Waals surface area contributed by atoms with Crippen LogP contribution in [0.15, 0.2) is 18.2 Å². The number of rotatable bonds is 0. The van der Waals surface area contributed by atoms with Gasteiger partial charge in [0, 0.05) is 11.8 Å². The predicted molar refractivity (Wildman–Crippen MR) is 48.9 cm³/mol. The number of nitrogens with zero attached hydrogens (tertiary/aromatic N) is 1. The van der Waals surface area contributed by atoms with E-state index < -0.39 is 11.6 Å². The fraction of sp³-hybridized carbons (Fsp3) is 0.100. The molecule has 1 aliphatic rings. The Morgan fingerprint density at radius 3 is 2.71 bits per heavy atom. The summed E-state index contributed by atoms with van der Waals surface area (Å²) >= 11 is 0. The Kier molecular flexibility index (Phi) is 1.70. The number of Topliss-reactive ketones (excluding diaryl/α,β-unsaturated/α-hetero) is 1. The van der Waals surface area contributed by atoms with Crippen molar-refractivity contribution in [2.75, 3.05) is 0 Å². The van der Waals surface area contributed by atoms with Crippen LogP contribution in [0.2, 0.25) is 0 Å². The number of carbonyl (C=O) groups excluding carboxylic acids is 2. The molecule has 1 aliphatic carbocycles. The van der Waals surface area contributed by atoms with E-state index in [0.29, 0.717) is 5.69 Å². The molecule has 70 valence electrons. The molecule has 14 heavy (non-hydrogen) atoms. The van der Waals surface area contributed by atoms with Gasteiger partial charge in [-0.25, -0.2) is 4.98 Å². The van der Waals surface area contributed by atoms with Gasteiger partial charge in [0.2, 0.25) is 11.6 Å². The predicted octanol–water partition coefficient (Wildman–Crippen LogP) is 1.05. The Morgan fingerprint density at radius 1 is 1.29 bits per heavy atom. The number of aliphatic hydroxyl groups excluding tert-OH is 1. The fourth-order valence-corrected chi connectivity index (χ4v) is 1.33. The highest BCUT2D eigenvalue weighted by atomic mass is 16.3. The molecular weight excluding hydrogens is 182 g/mol. The van der Waals surface area contributed by atoms with Crippen LogP contribution < -0.4 is 0 Å². The van der Waals surface area contributed by atoms with Gasteiger partial charge in [-0.3, -0.25) is 9.59 Å². The van der Waals surface area contributed by atoms with E-state index in [2.05, 4.69) is 4.98 Å². The van der Waals surface area contributed by atoms with E-state index in [1.165, 1.54) is 6.07 Å². The number of aromatic nitrogens is 1. The summed E-state index contributed by atoms with van der Waals surface area (Å²) < 4.78 is 0. The van der Waals surface area contributed by atoms with Crippen molar-refractivity contribution in [3.63, 3.8) is 0 Å². The van der Waals surface area contributed by atoms with Gasteiger partial charge in [-0.2, -0.15) is 0 Å². The molecule has 4 heteroatoms. The summed E-state index contributed by atoms with van der Waals surface area (Å²) in [5, 5.41) is 9.40. The molecule has 1 aromatic rings. The first-order valence-corrected chi connectivity index (χ1v) is 4.07. The molecule has 1 N–H and O–H groups in total. The van der Waals surface area contributed by atoms with Crippen LogP contribution in [-0.4, -0.2) is 21.7 Å². The molecule has 0 atom stereocenters. The minimum absolute atomic E-state index is 0.167. The zero-order chi connectivity index (χ0) is 10.3. The molecule has 0 fully saturated rings. The minimum Gasteiger partial charge on any atom is -0.506 e. The van der Waals surface area contributed by atoms with E-state index in [1.807, 2.05) is 0 Å². The number of aryl methyl sites for hydroxylation is 1. The van der Waals surface area contributed by atoms with Crippen molar-refractivity contribution in [2.24, 2.45) is 0 Å². The Bertz CT molecular complexity index is 474. The molecule has 0 unspecified atom stereocenters. The molecular formula is C10H7NO3. The number of carbonyl (C=O) groups is 2. The van der Waals surface area contributed by atoms with E-state index in [0.717, 1.165) is 6.08 Å². The summed E-state index contributed by atoms with van der Waals surface area (Å²) in [4.78, 5) is 26.4. The molecule has 0 saturated heterocycles. The van der Waals surface area contributed by atoms with Gasteiger partial charge in [-0.15, -0.1) is 0 Å². The lowest BCUT2D eigenvalue weighted by Crippen LogP contribution is -2.19. The van der Waals surface area contributed by atoms with Crippen molar-refractivity contribution >= 4 is 17.3 Å². The van der Waals surface area contributed by atoms with Crippen molar-refractivity contribution in [1.82, 2.24) is 4.98 Å². The first-order chi connectivity index (χ1) is 6.59. The van der Waals surface area contributed by atoms with Gasteiger partial charge in [-0.05, 0) is 19.1 Å². The lowest BCUT2D eigenvalue weighted by Gasteiger charge is -2.10. The monoisotopic (exact) mass is 189 g/mol. The van der Waals surface area contributed by atoms with Crippen LogP contribution in [-0.2, 0) is 4.79 Å². The summed E-state index contributed by atoms with van der Waals surface area (Å²) in [6.07, 6.45) is 0.900. The first kappa shape index (κ1) is 8.62. The number of hydrogen-bond acceptors (Lipinski definition) is 4. The second-order valence-corrected chi connectivity index (χ2v) is 3.07. The molecule has 0 spiro atoms. The van der Waals surface area contributed by atoms with Crippen LogP contribution in [0.25, 0.3) is 5.76 Å². The third kappa shape index (κ3) is 1.12. The first-order valence-electron chi connectivity index (χ1n) is 4.07. The summed E-state index contributed by atoms with van der Waals surface area (Å²) in [6, 6.07) is 3.13. The van der Waals surface area contributed by atoms with Crippen LogP contribution in [0, 0.1) is 6.92 Å². The van der Waals surface area contributed by atoms with E-state index >= 15 is 0 Å². The molecule has 0 aromatic carbocycles. The van der Waals surface area contributed by atoms with Crippen molar-refractivity contribution in [1.29, 1.82) is 0 Å². The van der Waals surface area contributed by atoms with Gasteiger partial charge < -0.3 is 5.11 Å². The highest BCUT2D eigenvalue weighted by Gasteiger charge is 2.26. The van der Waals surface area contributed by atoms with E-state index in [1.54, 1.807) is 13.0 Å². The minimum atomic E-state index is -0.708. The summed E-state index contributed by atoms with van der Waals surface area (Å²) in [5.41, 5.74) is 1.04. The van der Waals surface area contributed by atoms with Crippen LogP contribution >= 0.6 is 0 Å². The van der Waals surface area contributed by atoms with Gasteiger partial charge in [-0.1, -0.05) is 0 Å². The van der Waals surface area contributed by atoms with Gasteiger partial charge in [0.25, 0.3) is 0 Å². The van der Waals surface area contributed by atoms with Crippen LogP contribution in [0.5, 0.6) is 0 Å². The quantitative estimate of drug-likeness (QED) is 0.619. The smallest absolute Gasteiger partial charge is 0.235 e. The normalized spacial score (nSPS) is 15.1. The van der Waals surface area contributed by atoms with E-state index in [-0.39, 0.29) is 17.0 Å². The second kappa shape index (κ2) is 2.77. The summed E-state index contributed by atoms with van der Waals surface area (Å²) in [7, 11) is 0. The third-order valence-electron chi connectivity index (χ3n) is 2.01. The lowest BCUT2D eigenvalue weighted by atomic mass is 9.98. The fourth-order valence-electron chi connectivity index (χ4n) is 1.33. The lowest BCUT2D eigenvalue weighted by molar-refractivity contribution is -0.111. The van der Waals surface area contributed by atoms with E-state index in [4.69, 9.17) is 0 Å². The Labute approximate surface area is 79.9 Å². The highest BCUT2D eigenvalue weighted by molar-refractivity contribution is 6.50. The largest absolute Gasteiger partial charge is 0.506 e. The van der Waals surface area contributed by atoms with E-state index in [9.17, 15) is 14.7 Å². The molecule has 4 nitrogen and oxygen atoms in total. The van der Waals surface area contributed by atoms with Crippen molar-refractivity contribution < 1.29 is 14.7 Å². The number of pyridine rings is 1. The number of allylic oxidation sites excluding steroid dienone is 1. The molecule has 2 rings (SSSR count). The highest BCUT2D eigenvalue weighted by Crippen LogP contribution is 2.21. The number of fused-ring (bicyclic) bond motifs is 1. The third-order valence-corrected chi connectivity index (χ3v) is 2.01. The molecule has 1 aromatic heterocycles. The average Bonchev–Trinajstić information content (AvgIpc) is 2.14. The van der Waals surface area contributed by atoms with Gasteiger partial charge in [0.15, 0.2) is 0 Å². The van der Waals surface area contributed by atoms with Crippen molar-refractivity contribution in [2.45, 2.75) is 6.92 Å². The Balaban J connectivity index is 2.72. The molecule has 0 radical (unpaired) electrons. The summed E-state index contributed by atoms with van der Waals surface area (Å²) in [5.74, 6) is -1.57.